The predicted octanol–water partition coefficient (Wildman–Crippen LogP) is 3.97. The second-order valence-electron chi connectivity index (χ2n) is 8.35. The molecule has 0 spiro atoms. The highest BCUT2D eigenvalue weighted by atomic mass is 28.4. The lowest BCUT2D eigenvalue weighted by molar-refractivity contribution is 0.355. The molecule has 3 unspecified atom stereocenters. The SMILES string of the molecule is C[Si](C)(CCC1CCC2OC2C1)O[Si](c1ccccc1)c1ccccc1. The lowest BCUT2D eigenvalue weighted by Crippen LogP contribution is -2.51. The number of benzene rings is 2. The number of rotatable bonds is 7. The molecule has 26 heavy (non-hydrogen) atoms. The van der Waals surface area contributed by atoms with E-state index in [4.69, 9.17) is 8.85 Å². The Bertz CT molecular complexity index is 665. The third kappa shape index (κ3) is 4.55. The fourth-order valence-corrected chi connectivity index (χ4v) is 10.1. The molecule has 2 nitrogen and oxygen atoms in total. The molecular weight excluding hydrogens is 352 g/mol. The Hall–Kier alpha value is -1.21. The monoisotopic (exact) mass is 381 g/mol. The van der Waals surface area contributed by atoms with Crippen LogP contribution in [0.4, 0.5) is 0 Å². The molecule has 0 aromatic heterocycles. The Morgan fingerprint density at radius 1 is 0.923 bits per heavy atom. The van der Waals surface area contributed by atoms with E-state index < -0.39 is 17.4 Å². The van der Waals surface area contributed by atoms with Crippen LogP contribution in [-0.4, -0.2) is 29.6 Å². The summed E-state index contributed by atoms with van der Waals surface area (Å²) in [5.41, 5.74) is 0. The lowest BCUT2D eigenvalue weighted by Gasteiger charge is -2.31. The molecule has 0 bridgehead atoms. The van der Waals surface area contributed by atoms with E-state index in [0.717, 1.165) is 5.92 Å². The highest BCUT2D eigenvalue weighted by molar-refractivity contribution is 6.89. The highest BCUT2D eigenvalue weighted by Crippen LogP contribution is 2.41. The van der Waals surface area contributed by atoms with Gasteiger partial charge >= 0.3 is 0 Å². The fraction of sp³-hybridized carbons (Fsp3) is 0.455. The van der Waals surface area contributed by atoms with Crippen LogP contribution in [0.3, 0.4) is 0 Å². The normalized spacial score (nSPS) is 25.1. The molecule has 4 heteroatoms. The summed E-state index contributed by atoms with van der Waals surface area (Å²) in [6.45, 7) is 4.81. The fourth-order valence-electron chi connectivity index (χ4n) is 4.09. The van der Waals surface area contributed by atoms with Crippen molar-refractivity contribution in [2.75, 3.05) is 0 Å². The van der Waals surface area contributed by atoms with Crippen molar-refractivity contribution in [3.05, 3.63) is 60.7 Å². The van der Waals surface area contributed by atoms with Crippen molar-refractivity contribution in [2.45, 2.75) is 57.0 Å². The minimum Gasteiger partial charge on any atom is -0.449 e. The van der Waals surface area contributed by atoms with Gasteiger partial charge in [-0.2, -0.15) is 0 Å². The minimum atomic E-state index is -1.72. The summed E-state index contributed by atoms with van der Waals surface area (Å²) in [6, 6.07) is 22.9. The maximum absolute atomic E-state index is 6.95. The zero-order valence-corrected chi connectivity index (χ0v) is 17.9. The third-order valence-electron chi connectivity index (χ3n) is 5.72. The van der Waals surface area contributed by atoms with Crippen LogP contribution in [0.15, 0.2) is 60.7 Å². The summed E-state index contributed by atoms with van der Waals surface area (Å²) in [5.74, 6) is 0.846. The van der Waals surface area contributed by atoms with E-state index in [9.17, 15) is 0 Å². The van der Waals surface area contributed by atoms with Crippen molar-refractivity contribution < 1.29 is 8.85 Å². The average Bonchev–Trinajstić information content (AvgIpc) is 3.45. The largest absolute Gasteiger partial charge is 0.449 e. The topological polar surface area (TPSA) is 21.8 Å². The van der Waals surface area contributed by atoms with Gasteiger partial charge in [-0.3, -0.25) is 0 Å². The summed E-state index contributed by atoms with van der Waals surface area (Å²) in [5, 5.41) is 2.72. The van der Waals surface area contributed by atoms with Gasteiger partial charge in [0.15, 0.2) is 8.32 Å². The first kappa shape index (κ1) is 18.2. The molecule has 1 aliphatic heterocycles. The zero-order chi connectivity index (χ0) is 18.0. The van der Waals surface area contributed by atoms with Crippen molar-refractivity contribution in [1.29, 1.82) is 0 Å². The number of fused-ring (bicyclic) bond motifs is 1. The number of hydrogen-bond donors (Lipinski definition) is 0. The minimum absolute atomic E-state index is 0.590. The first-order valence-corrected chi connectivity index (χ1v) is 14.5. The molecule has 0 N–H and O–H groups in total. The smallest absolute Gasteiger partial charge is 0.272 e. The van der Waals surface area contributed by atoms with E-state index in [1.165, 1.54) is 42.1 Å². The van der Waals surface area contributed by atoms with Crippen molar-refractivity contribution in [3.8, 4) is 0 Å². The Labute approximate surface area is 160 Å². The summed E-state index contributed by atoms with van der Waals surface area (Å²) >= 11 is 0. The summed E-state index contributed by atoms with van der Waals surface area (Å²) in [4.78, 5) is 0. The van der Waals surface area contributed by atoms with Crippen molar-refractivity contribution in [2.24, 2.45) is 5.92 Å². The molecule has 0 amide bonds. The van der Waals surface area contributed by atoms with Crippen LogP contribution < -0.4 is 10.4 Å². The van der Waals surface area contributed by atoms with E-state index in [1.54, 1.807) is 0 Å². The molecule has 1 aliphatic carbocycles. The van der Waals surface area contributed by atoms with Crippen LogP contribution in [0.25, 0.3) is 0 Å². The Morgan fingerprint density at radius 2 is 1.54 bits per heavy atom. The van der Waals surface area contributed by atoms with Gasteiger partial charge in [-0.15, -0.1) is 0 Å². The van der Waals surface area contributed by atoms with E-state index >= 15 is 0 Å². The molecule has 1 saturated carbocycles. The zero-order valence-electron chi connectivity index (χ0n) is 15.9. The first-order valence-electron chi connectivity index (χ1n) is 9.93. The Kier molecular flexibility index (Phi) is 5.46. The van der Waals surface area contributed by atoms with Gasteiger partial charge in [0.25, 0.3) is 9.04 Å². The molecule has 1 saturated heterocycles. The molecule has 2 aromatic carbocycles. The van der Waals surface area contributed by atoms with Gasteiger partial charge in [-0.25, -0.2) is 0 Å². The molecule has 1 heterocycles. The average molecular weight is 382 g/mol. The number of epoxide rings is 1. The van der Waals surface area contributed by atoms with E-state index in [0.29, 0.717) is 12.2 Å². The first-order chi connectivity index (χ1) is 12.6. The van der Waals surface area contributed by atoms with E-state index in [2.05, 4.69) is 73.8 Å². The van der Waals surface area contributed by atoms with Gasteiger partial charge in [0, 0.05) is 0 Å². The van der Waals surface area contributed by atoms with Gasteiger partial charge in [0.05, 0.1) is 12.2 Å². The van der Waals surface area contributed by atoms with Crippen LogP contribution in [0, 0.1) is 5.92 Å². The quantitative estimate of drug-likeness (QED) is 0.535. The van der Waals surface area contributed by atoms with Crippen LogP contribution in [0.2, 0.25) is 19.1 Å². The highest BCUT2D eigenvalue weighted by Gasteiger charge is 2.44. The maximum atomic E-state index is 6.95. The van der Waals surface area contributed by atoms with E-state index in [1.807, 2.05) is 0 Å². The van der Waals surface area contributed by atoms with Gasteiger partial charge < -0.3 is 8.85 Å². The van der Waals surface area contributed by atoms with Crippen LogP contribution in [0.5, 0.6) is 0 Å². The second kappa shape index (κ2) is 7.81. The molecule has 1 radical (unpaired) electrons. The standard InChI is InChI=1S/C22H29O2Si2/c1-26(2,16-15-18-13-14-21-22(17-18)23-21)24-25(19-9-5-3-6-10-19)20-11-7-4-8-12-20/h3-12,18,21-22H,13-17H2,1-2H3. The molecule has 2 aromatic rings. The molecule has 4 rings (SSSR count). The predicted molar refractivity (Wildman–Crippen MR) is 112 cm³/mol. The maximum Gasteiger partial charge on any atom is 0.272 e. The molecule has 2 fully saturated rings. The van der Waals surface area contributed by atoms with Crippen molar-refractivity contribution in [3.63, 3.8) is 0 Å². The van der Waals surface area contributed by atoms with Gasteiger partial charge in [-0.1, -0.05) is 67.1 Å². The van der Waals surface area contributed by atoms with Crippen LogP contribution >= 0.6 is 0 Å². The van der Waals surface area contributed by atoms with Crippen molar-refractivity contribution in [1.82, 2.24) is 0 Å². The van der Waals surface area contributed by atoms with Gasteiger partial charge in [0.1, 0.15) is 0 Å². The molecular formula is C22H29O2Si2. The van der Waals surface area contributed by atoms with E-state index in [-0.39, 0.29) is 0 Å². The number of ether oxygens (including phenoxy) is 1. The number of hydrogen-bond acceptors (Lipinski definition) is 2. The second-order valence-corrected chi connectivity index (χ2v) is 15.0. The Morgan fingerprint density at radius 3 is 2.12 bits per heavy atom. The third-order valence-corrected chi connectivity index (χ3v) is 12.0. The lowest BCUT2D eigenvalue weighted by atomic mass is 9.88. The van der Waals surface area contributed by atoms with Crippen molar-refractivity contribution >= 4 is 27.7 Å². The summed E-state index contributed by atoms with van der Waals surface area (Å²) in [6.07, 6.45) is 6.42. The van der Waals surface area contributed by atoms with Crippen LogP contribution in [-0.2, 0) is 8.85 Å². The summed E-state index contributed by atoms with van der Waals surface area (Å²) < 4.78 is 12.7. The van der Waals surface area contributed by atoms with Gasteiger partial charge in [-0.05, 0) is 54.7 Å². The molecule has 3 atom stereocenters. The molecule has 137 valence electrons. The summed E-state index contributed by atoms with van der Waals surface area (Å²) in [7, 11) is -2.89. The molecule has 2 aliphatic rings. The Balaban J connectivity index is 1.43. The van der Waals surface area contributed by atoms with Gasteiger partial charge in [0.2, 0.25) is 0 Å². The van der Waals surface area contributed by atoms with Crippen LogP contribution in [0.1, 0.15) is 25.7 Å².